The van der Waals surface area contributed by atoms with Crippen LogP contribution in [0.2, 0.25) is 0 Å². The third-order valence-corrected chi connectivity index (χ3v) is 3.83. The number of halogens is 1. The first kappa shape index (κ1) is 13.8. The molecule has 2 aromatic carbocycles. The smallest absolute Gasteiger partial charge is 0.183 e. The van der Waals surface area contributed by atoms with Crippen molar-refractivity contribution in [2.75, 3.05) is 0 Å². The van der Waals surface area contributed by atoms with Crippen LogP contribution in [0.4, 0.5) is 0 Å². The maximum Gasteiger partial charge on any atom is 0.183 e. The van der Waals surface area contributed by atoms with Gasteiger partial charge in [-0.25, -0.2) is 0 Å². The Morgan fingerprint density at radius 2 is 1.53 bits per heavy atom. The third-order valence-electron chi connectivity index (χ3n) is 3.39. The van der Waals surface area contributed by atoms with E-state index in [9.17, 15) is 4.79 Å². The van der Waals surface area contributed by atoms with Gasteiger partial charge in [0.25, 0.3) is 0 Å². The Labute approximate surface area is 119 Å². The first-order valence-corrected chi connectivity index (χ1v) is 6.81. The summed E-state index contributed by atoms with van der Waals surface area (Å²) in [6, 6.07) is 17.7. The van der Waals surface area contributed by atoms with E-state index in [1.165, 1.54) is 0 Å². The molecule has 0 bridgehead atoms. The molecule has 1 atom stereocenters. The van der Waals surface area contributed by atoms with Crippen molar-refractivity contribution in [2.24, 2.45) is 0 Å². The normalized spacial score (nSPS) is 13.8. The molecule has 0 heterocycles. The fourth-order valence-corrected chi connectivity index (χ4v) is 2.02. The van der Waals surface area contributed by atoms with E-state index >= 15 is 0 Å². The molecule has 2 rings (SSSR count). The van der Waals surface area contributed by atoms with Crippen molar-refractivity contribution < 1.29 is 4.79 Å². The number of benzene rings is 2. The SMILES string of the molecule is CC[C@](C)(Cl)C(=O)c1ccc(-c2ccccc2)cc1. The van der Waals surface area contributed by atoms with Crippen molar-refractivity contribution in [1.29, 1.82) is 0 Å². The first-order valence-electron chi connectivity index (χ1n) is 6.44. The highest BCUT2D eigenvalue weighted by molar-refractivity contribution is 6.37. The lowest BCUT2D eigenvalue weighted by Gasteiger charge is -2.18. The second kappa shape index (κ2) is 5.58. The number of Topliss-reactive ketones (excluding diaryl/α,β-unsaturated/α-hetero) is 1. The van der Waals surface area contributed by atoms with Gasteiger partial charge in [0.1, 0.15) is 4.87 Å². The highest BCUT2D eigenvalue weighted by atomic mass is 35.5. The molecule has 0 fully saturated rings. The molecule has 0 N–H and O–H groups in total. The number of carbonyl (C=O) groups excluding carboxylic acids is 1. The summed E-state index contributed by atoms with van der Waals surface area (Å²) in [5.41, 5.74) is 2.91. The molecule has 0 aromatic heterocycles. The molecule has 0 radical (unpaired) electrons. The van der Waals surface area contributed by atoms with Crippen LogP contribution in [-0.2, 0) is 0 Å². The molecule has 98 valence electrons. The maximum absolute atomic E-state index is 12.2. The molecule has 0 aliphatic heterocycles. The van der Waals surface area contributed by atoms with E-state index in [4.69, 9.17) is 11.6 Å². The number of alkyl halides is 1. The summed E-state index contributed by atoms with van der Waals surface area (Å²) >= 11 is 6.21. The van der Waals surface area contributed by atoms with Gasteiger partial charge in [0, 0.05) is 5.56 Å². The predicted molar refractivity (Wildman–Crippen MR) is 80.8 cm³/mol. The molecule has 0 spiro atoms. The quantitative estimate of drug-likeness (QED) is 0.569. The second-order valence-electron chi connectivity index (χ2n) is 4.82. The second-order valence-corrected chi connectivity index (χ2v) is 5.66. The van der Waals surface area contributed by atoms with Gasteiger partial charge in [-0.1, -0.05) is 61.5 Å². The van der Waals surface area contributed by atoms with E-state index < -0.39 is 4.87 Å². The van der Waals surface area contributed by atoms with Crippen LogP contribution < -0.4 is 0 Å². The van der Waals surface area contributed by atoms with Gasteiger partial charge >= 0.3 is 0 Å². The number of carbonyl (C=O) groups is 1. The standard InChI is InChI=1S/C17H17ClO/c1-3-17(2,18)16(19)15-11-9-14(10-12-15)13-7-5-4-6-8-13/h4-12H,3H2,1-2H3/t17-/m0/s1. The van der Waals surface area contributed by atoms with E-state index in [0.29, 0.717) is 12.0 Å². The average Bonchev–Trinajstić information content (AvgIpc) is 2.47. The van der Waals surface area contributed by atoms with Gasteiger partial charge in [-0.2, -0.15) is 0 Å². The summed E-state index contributed by atoms with van der Waals surface area (Å²) < 4.78 is 0. The van der Waals surface area contributed by atoms with Crippen LogP contribution in [0.5, 0.6) is 0 Å². The Bertz CT molecular complexity index is 556. The van der Waals surface area contributed by atoms with Crippen molar-refractivity contribution in [3.8, 4) is 11.1 Å². The molecular formula is C17H17ClO. The third kappa shape index (κ3) is 3.05. The van der Waals surface area contributed by atoms with Crippen molar-refractivity contribution in [3.05, 3.63) is 60.2 Å². The Balaban J connectivity index is 2.27. The zero-order valence-corrected chi connectivity index (χ0v) is 11.9. The van der Waals surface area contributed by atoms with E-state index in [-0.39, 0.29) is 5.78 Å². The van der Waals surface area contributed by atoms with Crippen LogP contribution >= 0.6 is 11.6 Å². The Hall–Kier alpha value is -1.60. The summed E-state index contributed by atoms with van der Waals surface area (Å²) in [7, 11) is 0. The summed E-state index contributed by atoms with van der Waals surface area (Å²) in [4.78, 5) is 11.4. The van der Waals surface area contributed by atoms with Crippen LogP contribution in [0.1, 0.15) is 30.6 Å². The number of hydrogen-bond acceptors (Lipinski definition) is 1. The monoisotopic (exact) mass is 272 g/mol. The fraction of sp³-hybridized carbons (Fsp3) is 0.235. The van der Waals surface area contributed by atoms with E-state index in [2.05, 4.69) is 12.1 Å². The van der Waals surface area contributed by atoms with Gasteiger partial charge in [-0.15, -0.1) is 11.6 Å². The van der Waals surface area contributed by atoms with Crippen LogP contribution in [-0.4, -0.2) is 10.7 Å². The van der Waals surface area contributed by atoms with Crippen molar-refractivity contribution in [1.82, 2.24) is 0 Å². The maximum atomic E-state index is 12.2. The van der Waals surface area contributed by atoms with Crippen molar-refractivity contribution >= 4 is 17.4 Å². The molecule has 1 nitrogen and oxygen atoms in total. The van der Waals surface area contributed by atoms with Gasteiger partial charge in [0.2, 0.25) is 0 Å². The minimum Gasteiger partial charge on any atom is -0.292 e. The fourth-order valence-electron chi connectivity index (χ4n) is 1.91. The summed E-state index contributed by atoms with van der Waals surface area (Å²) in [5, 5.41) is 0. The largest absolute Gasteiger partial charge is 0.292 e. The van der Waals surface area contributed by atoms with E-state index in [1.54, 1.807) is 6.92 Å². The molecule has 0 amide bonds. The Kier molecular flexibility index (Phi) is 4.06. The summed E-state index contributed by atoms with van der Waals surface area (Å²) in [5.74, 6) is -0.0173. The first-order chi connectivity index (χ1) is 9.04. The van der Waals surface area contributed by atoms with E-state index in [0.717, 1.165) is 11.1 Å². The lowest BCUT2D eigenvalue weighted by molar-refractivity contribution is 0.0944. The zero-order valence-electron chi connectivity index (χ0n) is 11.2. The average molecular weight is 273 g/mol. The molecule has 2 heteroatoms. The topological polar surface area (TPSA) is 17.1 Å². The van der Waals surface area contributed by atoms with Crippen LogP contribution in [0.3, 0.4) is 0 Å². The zero-order chi connectivity index (χ0) is 13.9. The van der Waals surface area contributed by atoms with Crippen molar-refractivity contribution in [3.63, 3.8) is 0 Å². The van der Waals surface area contributed by atoms with Crippen LogP contribution in [0, 0.1) is 0 Å². The Morgan fingerprint density at radius 3 is 2.05 bits per heavy atom. The highest BCUT2D eigenvalue weighted by Gasteiger charge is 2.29. The lowest BCUT2D eigenvalue weighted by atomic mass is 9.94. The molecule has 0 aliphatic rings. The molecule has 0 unspecified atom stereocenters. The van der Waals surface area contributed by atoms with Gasteiger partial charge in [0.15, 0.2) is 5.78 Å². The molecule has 2 aromatic rings. The lowest BCUT2D eigenvalue weighted by Crippen LogP contribution is -2.27. The molecule has 19 heavy (non-hydrogen) atoms. The summed E-state index contributed by atoms with van der Waals surface area (Å²) in [6.45, 7) is 3.69. The summed E-state index contributed by atoms with van der Waals surface area (Å²) in [6.07, 6.45) is 0.619. The minimum absolute atomic E-state index is 0.0173. The number of ketones is 1. The van der Waals surface area contributed by atoms with Gasteiger partial charge < -0.3 is 0 Å². The van der Waals surface area contributed by atoms with E-state index in [1.807, 2.05) is 49.4 Å². The minimum atomic E-state index is -0.811. The number of hydrogen-bond donors (Lipinski definition) is 0. The molecule has 0 aliphatic carbocycles. The molecule has 0 saturated heterocycles. The van der Waals surface area contributed by atoms with Crippen LogP contribution in [0.15, 0.2) is 54.6 Å². The molecule has 0 saturated carbocycles. The Morgan fingerprint density at radius 1 is 1.00 bits per heavy atom. The molecular weight excluding hydrogens is 256 g/mol. The van der Waals surface area contributed by atoms with Crippen LogP contribution in [0.25, 0.3) is 11.1 Å². The van der Waals surface area contributed by atoms with Crippen molar-refractivity contribution in [2.45, 2.75) is 25.1 Å². The van der Waals surface area contributed by atoms with Gasteiger partial charge in [-0.3, -0.25) is 4.79 Å². The predicted octanol–water partition coefficient (Wildman–Crippen LogP) is 4.94. The highest BCUT2D eigenvalue weighted by Crippen LogP contribution is 2.26. The van der Waals surface area contributed by atoms with Gasteiger partial charge in [0.05, 0.1) is 0 Å². The van der Waals surface area contributed by atoms with Gasteiger partial charge in [-0.05, 0) is 24.5 Å². The number of rotatable bonds is 4.